The second-order valence-corrected chi connectivity index (χ2v) is 37.9. The number of rotatable bonds is 15. The van der Waals surface area contributed by atoms with Crippen LogP contribution in [-0.4, -0.2) is 163 Å². The molecule has 1 saturated carbocycles. The number of Topliss-reactive ketones (excluding diaryl/α,β-unsaturated/α-hetero) is 3. The molecule has 1 amide bonds. The van der Waals surface area contributed by atoms with Crippen LogP contribution in [0.15, 0.2) is 47.6 Å². The fourth-order valence-electron chi connectivity index (χ4n) is 11.6. The summed E-state index contributed by atoms with van der Waals surface area (Å²) in [5.74, 6) is -8.05. The van der Waals surface area contributed by atoms with E-state index in [1.54, 1.807) is 34.0 Å². The van der Waals surface area contributed by atoms with Crippen molar-refractivity contribution in [3.63, 3.8) is 0 Å². The van der Waals surface area contributed by atoms with Gasteiger partial charge in [-0.25, -0.2) is 4.79 Å². The van der Waals surface area contributed by atoms with E-state index in [1.807, 2.05) is 58.1 Å². The van der Waals surface area contributed by atoms with Crippen LogP contribution in [0.4, 0.5) is 0 Å². The van der Waals surface area contributed by atoms with Crippen LogP contribution in [0.25, 0.3) is 0 Å². The number of amides is 1. The topological polar surface area (TPSA) is 203 Å². The third kappa shape index (κ3) is 20.5. The normalized spacial score (nSPS) is 32.8. The summed E-state index contributed by atoms with van der Waals surface area (Å²) in [5.41, 5.74) is 1.27. The summed E-state index contributed by atoms with van der Waals surface area (Å²) in [7, 11) is -1.05. The number of carbonyl (C=O) groups excluding carboxylic acids is 5. The summed E-state index contributed by atoms with van der Waals surface area (Å²) in [6.07, 6.45) is 12.0. The van der Waals surface area contributed by atoms with Gasteiger partial charge >= 0.3 is 5.97 Å². The Morgan fingerprint density at radius 3 is 1.96 bits per heavy atom. The van der Waals surface area contributed by atoms with E-state index in [9.17, 15) is 34.2 Å². The van der Waals surface area contributed by atoms with Crippen LogP contribution >= 0.6 is 0 Å². The van der Waals surface area contributed by atoms with Crippen molar-refractivity contribution in [3.05, 3.63) is 47.6 Å². The third-order valence-corrected chi connectivity index (χ3v) is 28.6. The number of cyclic esters (lactones) is 1. The Kier molecular flexibility index (Phi) is 28.4. The Morgan fingerprint density at radius 2 is 1.37 bits per heavy atom. The van der Waals surface area contributed by atoms with Gasteiger partial charge in [0.15, 0.2) is 22.4 Å². The van der Waals surface area contributed by atoms with Crippen LogP contribution in [0.1, 0.15) is 167 Å². The molecule has 0 radical (unpaired) electrons. The van der Waals surface area contributed by atoms with Gasteiger partial charge in [-0.1, -0.05) is 113 Å². The third-order valence-electron chi connectivity index (χ3n) is 19.5. The molecular weight excluding hydrogens is 1100 g/mol. The monoisotopic (exact) mass is 1220 g/mol. The average Bonchev–Trinajstić information content (AvgIpc) is 1.59. The Balaban J connectivity index is 1.70. The van der Waals surface area contributed by atoms with Gasteiger partial charge in [0.05, 0.1) is 50.8 Å². The zero-order chi connectivity index (χ0) is 63.1. The Hall–Kier alpha value is -3.02. The molecular formula is C66H113NO15Si2. The Labute approximate surface area is 508 Å². The van der Waals surface area contributed by atoms with Gasteiger partial charge in [0.2, 0.25) is 5.79 Å². The van der Waals surface area contributed by atoms with Gasteiger partial charge in [0.25, 0.3) is 11.7 Å². The molecule has 4 aliphatic rings. The minimum Gasteiger partial charge on any atom is -0.460 e. The second kappa shape index (κ2) is 32.5. The summed E-state index contributed by atoms with van der Waals surface area (Å²) < 4.78 is 50.6. The first-order valence-corrected chi connectivity index (χ1v) is 37.4. The second-order valence-electron chi connectivity index (χ2n) is 28.3. The van der Waals surface area contributed by atoms with E-state index in [1.165, 1.54) is 12.0 Å². The maximum Gasteiger partial charge on any atom is 0.329 e. The van der Waals surface area contributed by atoms with Crippen molar-refractivity contribution in [2.75, 3.05) is 47.2 Å². The summed E-state index contributed by atoms with van der Waals surface area (Å²) in [4.78, 5) is 73.6. The smallest absolute Gasteiger partial charge is 0.329 e. The van der Waals surface area contributed by atoms with Crippen molar-refractivity contribution in [2.24, 2.45) is 35.5 Å². The number of aliphatic hydroxyl groups is 2. The van der Waals surface area contributed by atoms with Gasteiger partial charge in [-0.05, 0) is 143 Å². The number of nitrogens with zero attached hydrogens (tertiary/aromatic N) is 1. The van der Waals surface area contributed by atoms with Crippen LogP contribution in [0, 0.1) is 35.5 Å². The fourth-order valence-corrected chi connectivity index (χ4v) is 13.7. The number of methoxy groups -OCH3 is 2. The SMILES string of the molecule is CO[C@H]1C[C@@H]2CC[C@@H](C)C(O)(O2)C(=O)C(=O)N2CCCC[C@H]2C(=O)O[C@H]([C@@H](C)C[C@H]2CC[C@@H](OCCO[Si](C)(C)C(C)(C)C)[C@H](OCCO[Si](C)(C)C(C)(C)C)C2)CC(=O)[C@H](C)C=C(C)[C@@H](O)[C@@H](OC)C(=O)[C@H](C)C[C@H](C)C=CC=CC=C1C. The zero-order valence-electron chi connectivity index (χ0n) is 55.2. The molecule has 480 valence electrons. The van der Waals surface area contributed by atoms with Crippen molar-refractivity contribution in [1.82, 2.24) is 4.90 Å². The number of fused-ring (bicyclic) bond motifs is 3. The van der Waals surface area contributed by atoms with Gasteiger partial charge in [-0.15, -0.1) is 0 Å². The molecule has 84 heavy (non-hydrogen) atoms. The van der Waals surface area contributed by atoms with E-state index in [2.05, 4.69) is 67.7 Å². The maximum atomic E-state index is 14.8. The molecule has 2 N–H and O–H groups in total. The van der Waals surface area contributed by atoms with E-state index in [-0.39, 0.29) is 71.0 Å². The highest BCUT2D eigenvalue weighted by molar-refractivity contribution is 6.74. The van der Waals surface area contributed by atoms with Gasteiger partial charge in [0, 0.05) is 51.4 Å². The summed E-state index contributed by atoms with van der Waals surface area (Å²) in [6.45, 7) is 36.9. The highest BCUT2D eigenvalue weighted by atomic mass is 28.4. The number of piperidine rings is 1. The van der Waals surface area contributed by atoms with E-state index in [0.29, 0.717) is 83.4 Å². The fraction of sp³-hybridized carbons (Fsp3) is 0.803. The standard InChI is InChI=1S/C66H113NO15Si2/c1-43-25-21-20-22-26-44(2)55(75-14)41-51-30-28-49(7)66(74,82-51)61(71)62(72)67-32-24-23-27-52(67)63(73)81-56(42-53(68)45(3)38-48(6)59(70)60(76-15)58(69)47(5)37-43)46(4)39-50-29-31-54(77-33-35-79-83(16,17)64(8,9)10)57(40-50)78-34-36-80-84(18,19)65(11,12)13/h20-22,25-26,38,43,45-47,49-52,54-57,59-60,70,74H,23-24,27-37,39-42H2,1-19H3/t43-,45-,46+,47-,49-,50-,51+,52+,54-,55+,56+,57-,59-,60+,66?/m1/s1. The van der Waals surface area contributed by atoms with Gasteiger partial charge in [-0.2, -0.15) is 0 Å². The molecule has 1 aliphatic carbocycles. The molecule has 15 atom stereocenters. The number of aliphatic hydroxyl groups excluding tert-OH is 1. The molecule has 2 saturated heterocycles. The molecule has 0 aromatic rings. The van der Waals surface area contributed by atoms with E-state index in [0.717, 1.165) is 18.4 Å². The highest BCUT2D eigenvalue weighted by Gasteiger charge is 2.53. The molecule has 4 rings (SSSR count). The Morgan fingerprint density at radius 1 is 0.750 bits per heavy atom. The molecule has 1 unspecified atom stereocenters. The van der Waals surface area contributed by atoms with Gasteiger partial charge < -0.3 is 52.4 Å². The largest absolute Gasteiger partial charge is 0.460 e. The quantitative estimate of drug-likeness (QED) is 0.0515. The lowest BCUT2D eigenvalue weighted by molar-refractivity contribution is -0.265. The highest BCUT2D eigenvalue weighted by Crippen LogP contribution is 2.41. The number of hydrogen-bond donors (Lipinski definition) is 2. The van der Waals surface area contributed by atoms with Crippen molar-refractivity contribution in [3.8, 4) is 0 Å². The van der Waals surface area contributed by atoms with E-state index in [4.69, 9.17) is 37.3 Å². The number of allylic oxidation sites excluding steroid dienone is 6. The molecule has 0 aromatic carbocycles. The zero-order valence-corrected chi connectivity index (χ0v) is 57.2. The van der Waals surface area contributed by atoms with Crippen LogP contribution in [0.3, 0.4) is 0 Å². The number of esters is 1. The lowest BCUT2D eigenvalue weighted by Gasteiger charge is -2.42. The van der Waals surface area contributed by atoms with Crippen molar-refractivity contribution in [2.45, 2.75) is 258 Å². The van der Waals surface area contributed by atoms with Gasteiger partial charge in [-0.3, -0.25) is 19.2 Å². The molecule has 16 nitrogen and oxygen atoms in total. The number of hydrogen-bond acceptors (Lipinski definition) is 15. The van der Waals surface area contributed by atoms with Crippen molar-refractivity contribution in [1.29, 1.82) is 0 Å². The van der Waals surface area contributed by atoms with Crippen molar-refractivity contribution < 1.29 is 71.5 Å². The van der Waals surface area contributed by atoms with Gasteiger partial charge in [0.1, 0.15) is 30.1 Å². The summed E-state index contributed by atoms with van der Waals surface area (Å²) >= 11 is 0. The lowest BCUT2D eigenvalue weighted by atomic mass is 9.78. The molecule has 0 aromatic heterocycles. The molecule has 0 spiro atoms. The van der Waals surface area contributed by atoms with Crippen LogP contribution < -0.4 is 0 Å². The van der Waals surface area contributed by atoms with E-state index >= 15 is 0 Å². The summed E-state index contributed by atoms with van der Waals surface area (Å²) in [6, 6.07) is -1.16. The molecule has 3 heterocycles. The first-order chi connectivity index (χ1) is 39.1. The minimum absolute atomic E-state index is 0.00834. The Bertz CT molecular complexity index is 2280. The molecule has 3 aliphatic heterocycles. The van der Waals surface area contributed by atoms with Crippen LogP contribution in [0.5, 0.6) is 0 Å². The van der Waals surface area contributed by atoms with Crippen LogP contribution in [-0.2, 0) is 61.2 Å². The molecule has 3 fully saturated rings. The first-order valence-electron chi connectivity index (χ1n) is 31.6. The number of ether oxygens (including phenoxy) is 6. The lowest BCUT2D eigenvalue weighted by Crippen LogP contribution is -2.61. The maximum absolute atomic E-state index is 14.8. The number of ketones is 3. The first kappa shape index (κ1) is 73.5. The summed E-state index contributed by atoms with van der Waals surface area (Å²) in [5, 5.41) is 23.9. The number of carbonyl (C=O) groups is 5. The van der Waals surface area contributed by atoms with E-state index < -0.39 is 94.4 Å². The minimum atomic E-state index is -2.45. The predicted octanol–water partition coefficient (Wildman–Crippen LogP) is 11.6. The molecule has 2 bridgehead atoms. The van der Waals surface area contributed by atoms with Crippen LogP contribution in [0.2, 0.25) is 36.3 Å². The average molecular weight is 1220 g/mol. The van der Waals surface area contributed by atoms with Crippen molar-refractivity contribution >= 4 is 45.9 Å². The predicted molar refractivity (Wildman–Crippen MR) is 334 cm³/mol. The molecule has 18 heteroatoms.